The first-order valence-corrected chi connectivity index (χ1v) is 8.07. The van der Waals surface area contributed by atoms with E-state index in [1.807, 2.05) is 5.38 Å². The molecule has 6 heteroatoms. The number of hydrogen-bond acceptors (Lipinski definition) is 5. The molecular formula is C12H18N2O2S2. The van der Waals surface area contributed by atoms with Gasteiger partial charge in [0, 0.05) is 17.1 Å². The molecule has 1 aromatic rings. The molecule has 1 aliphatic heterocycles. The SMILES string of the molecule is CC(C)c1nc(CNC(=O)C2(O)CCSC2)cs1. The molecule has 4 nitrogen and oxygen atoms in total. The number of aromatic nitrogens is 1. The molecule has 2 N–H and O–H groups in total. The molecule has 0 aliphatic carbocycles. The van der Waals surface area contributed by atoms with Crippen molar-refractivity contribution in [3.05, 3.63) is 16.1 Å². The molecule has 0 bridgehead atoms. The quantitative estimate of drug-likeness (QED) is 0.885. The summed E-state index contributed by atoms with van der Waals surface area (Å²) in [6.07, 6.45) is 0.539. The molecular weight excluding hydrogens is 268 g/mol. The second kappa shape index (κ2) is 5.59. The standard InChI is InChI=1S/C12H18N2O2S2/c1-8(2)10-14-9(6-18-10)5-13-11(15)12(16)3-4-17-7-12/h6,8,16H,3-5,7H2,1-2H3,(H,13,15). The van der Waals surface area contributed by atoms with Crippen LogP contribution in [0.3, 0.4) is 0 Å². The highest BCUT2D eigenvalue weighted by Gasteiger charge is 2.39. The van der Waals surface area contributed by atoms with Crippen molar-refractivity contribution < 1.29 is 9.90 Å². The molecule has 1 fully saturated rings. The average molecular weight is 286 g/mol. The van der Waals surface area contributed by atoms with Gasteiger partial charge in [-0.1, -0.05) is 13.8 Å². The summed E-state index contributed by atoms with van der Waals surface area (Å²) >= 11 is 3.23. The van der Waals surface area contributed by atoms with Crippen LogP contribution in [0.1, 0.15) is 36.9 Å². The lowest BCUT2D eigenvalue weighted by Gasteiger charge is -2.19. The van der Waals surface area contributed by atoms with E-state index in [4.69, 9.17) is 0 Å². The topological polar surface area (TPSA) is 62.2 Å². The van der Waals surface area contributed by atoms with E-state index in [2.05, 4.69) is 24.1 Å². The van der Waals surface area contributed by atoms with Crippen molar-refractivity contribution in [2.24, 2.45) is 0 Å². The van der Waals surface area contributed by atoms with Gasteiger partial charge in [-0.25, -0.2) is 4.98 Å². The zero-order valence-electron chi connectivity index (χ0n) is 10.6. The third kappa shape index (κ3) is 3.05. The fraction of sp³-hybridized carbons (Fsp3) is 0.667. The number of hydrogen-bond donors (Lipinski definition) is 2. The predicted molar refractivity (Wildman–Crippen MR) is 74.9 cm³/mol. The van der Waals surface area contributed by atoms with Crippen LogP contribution >= 0.6 is 23.1 Å². The Kier molecular flexibility index (Phi) is 4.29. The van der Waals surface area contributed by atoms with Gasteiger partial charge < -0.3 is 10.4 Å². The van der Waals surface area contributed by atoms with E-state index < -0.39 is 5.60 Å². The Morgan fingerprint density at radius 2 is 2.44 bits per heavy atom. The Labute approximate surface area is 115 Å². The zero-order valence-corrected chi connectivity index (χ0v) is 12.2. The first-order chi connectivity index (χ1) is 8.51. The van der Waals surface area contributed by atoms with E-state index in [1.165, 1.54) is 0 Å². The van der Waals surface area contributed by atoms with Crippen molar-refractivity contribution >= 4 is 29.0 Å². The summed E-state index contributed by atoms with van der Waals surface area (Å²) in [5, 5.41) is 15.9. The third-order valence-electron chi connectivity index (χ3n) is 2.92. The minimum Gasteiger partial charge on any atom is -0.379 e. The fourth-order valence-corrected chi connectivity index (χ4v) is 3.81. The van der Waals surface area contributed by atoms with E-state index in [1.54, 1.807) is 23.1 Å². The van der Waals surface area contributed by atoms with Crippen molar-refractivity contribution in [2.75, 3.05) is 11.5 Å². The zero-order chi connectivity index (χ0) is 13.2. The van der Waals surface area contributed by atoms with E-state index in [-0.39, 0.29) is 5.91 Å². The Morgan fingerprint density at radius 1 is 1.67 bits per heavy atom. The van der Waals surface area contributed by atoms with Gasteiger partial charge in [-0.05, 0) is 12.2 Å². The Hall–Kier alpha value is -0.590. The van der Waals surface area contributed by atoms with Gasteiger partial charge in [0.2, 0.25) is 0 Å². The van der Waals surface area contributed by atoms with Crippen molar-refractivity contribution in [2.45, 2.75) is 38.3 Å². The maximum Gasteiger partial charge on any atom is 0.253 e. The summed E-state index contributed by atoms with van der Waals surface area (Å²) in [7, 11) is 0. The van der Waals surface area contributed by atoms with Gasteiger partial charge in [-0.15, -0.1) is 11.3 Å². The number of nitrogens with one attached hydrogen (secondary N) is 1. The van der Waals surface area contributed by atoms with Crippen molar-refractivity contribution in [1.29, 1.82) is 0 Å². The van der Waals surface area contributed by atoms with Crippen LogP contribution in [0.2, 0.25) is 0 Å². The number of thiazole rings is 1. The summed E-state index contributed by atoms with van der Waals surface area (Å²) in [5.41, 5.74) is -0.312. The van der Waals surface area contributed by atoms with Crippen LogP contribution in [0.15, 0.2) is 5.38 Å². The van der Waals surface area contributed by atoms with Crippen LogP contribution in [0, 0.1) is 0 Å². The Morgan fingerprint density at radius 3 is 3.00 bits per heavy atom. The Bertz CT molecular complexity index is 425. The maximum absolute atomic E-state index is 11.9. The Balaban J connectivity index is 1.89. The number of aliphatic hydroxyl groups is 1. The first kappa shape index (κ1) is 13.8. The summed E-state index contributed by atoms with van der Waals surface area (Å²) in [4.78, 5) is 16.3. The smallest absolute Gasteiger partial charge is 0.253 e. The lowest BCUT2D eigenvalue weighted by Crippen LogP contribution is -2.46. The van der Waals surface area contributed by atoms with Gasteiger partial charge in [0.05, 0.1) is 17.2 Å². The highest BCUT2D eigenvalue weighted by molar-refractivity contribution is 7.99. The van der Waals surface area contributed by atoms with E-state index >= 15 is 0 Å². The molecule has 0 saturated carbocycles. The second-order valence-electron chi connectivity index (χ2n) is 4.85. The van der Waals surface area contributed by atoms with Gasteiger partial charge in [0.25, 0.3) is 5.91 Å². The highest BCUT2D eigenvalue weighted by atomic mass is 32.2. The molecule has 18 heavy (non-hydrogen) atoms. The summed E-state index contributed by atoms with van der Waals surface area (Å²) in [5.74, 6) is 1.48. The molecule has 1 unspecified atom stereocenters. The fourth-order valence-electron chi connectivity index (χ4n) is 1.74. The monoisotopic (exact) mass is 286 g/mol. The summed E-state index contributed by atoms with van der Waals surface area (Å²) in [6, 6.07) is 0. The third-order valence-corrected chi connectivity index (χ3v) is 5.29. The molecule has 1 aliphatic rings. The summed E-state index contributed by atoms with van der Waals surface area (Å²) < 4.78 is 0. The molecule has 0 aromatic carbocycles. The average Bonchev–Trinajstić information content (AvgIpc) is 2.95. The van der Waals surface area contributed by atoms with Crippen molar-refractivity contribution in [3.63, 3.8) is 0 Å². The number of thioether (sulfide) groups is 1. The van der Waals surface area contributed by atoms with Gasteiger partial charge in [0.1, 0.15) is 0 Å². The molecule has 2 heterocycles. The lowest BCUT2D eigenvalue weighted by molar-refractivity contribution is -0.137. The van der Waals surface area contributed by atoms with Crippen LogP contribution in [-0.2, 0) is 11.3 Å². The molecule has 1 saturated heterocycles. The number of carbonyl (C=O) groups excluding carboxylic acids is 1. The van der Waals surface area contributed by atoms with Gasteiger partial charge in [-0.2, -0.15) is 11.8 Å². The normalized spacial score (nSPS) is 23.6. The maximum atomic E-state index is 11.9. The number of carbonyl (C=O) groups is 1. The van der Waals surface area contributed by atoms with Gasteiger partial charge in [0.15, 0.2) is 5.60 Å². The number of amides is 1. The van der Waals surface area contributed by atoms with Gasteiger partial charge >= 0.3 is 0 Å². The highest BCUT2D eigenvalue weighted by Crippen LogP contribution is 2.28. The van der Waals surface area contributed by atoms with Crippen LogP contribution in [0.5, 0.6) is 0 Å². The van der Waals surface area contributed by atoms with E-state index in [0.29, 0.717) is 24.6 Å². The van der Waals surface area contributed by atoms with Crippen LogP contribution in [0.4, 0.5) is 0 Å². The largest absolute Gasteiger partial charge is 0.379 e. The molecule has 0 spiro atoms. The first-order valence-electron chi connectivity index (χ1n) is 6.04. The molecule has 1 aromatic heterocycles. The van der Waals surface area contributed by atoms with Crippen molar-refractivity contribution in [1.82, 2.24) is 10.3 Å². The number of nitrogens with zero attached hydrogens (tertiary/aromatic N) is 1. The number of rotatable bonds is 4. The van der Waals surface area contributed by atoms with E-state index in [0.717, 1.165) is 16.5 Å². The minimum atomic E-state index is -1.18. The van der Waals surface area contributed by atoms with Crippen LogP contribution in [-0.4, -0.2) is 33.1 Å². The molecule has 1 amide bonds. The molecule has 100 valence electrons. The second-order valence-corrected chi connectivity index (χ2v) is 6.84. The lowest BCUT2D eigenvalue weighted by atomic mass is 10.0. The van der Waals surface area contributed by atoms with E-state index in [9.17, 15) is 9.90 Å². The minimum absolute atomic E-state index is 0.272. The molecule has 1 atom stereocenters. The van der Waals surface area contributed by atoms with Crippen LogP contribution in [0.25, 0.3) is 0 Å². The van der Waals surface area contributed by atoms with Gasteiger partial charge in [-0.3, -0.25) is 4.79 Å². The summed E-state index contributed by atoms with van der Waals surface area (Å²) in [6.45, 7) is 4.59. The van der Waals surface area contributed by atoms with Crippen molar-refractivity contribution in [3.8, 4) is 0 Å². The molecule has 0 radical (unpaired) electrons. The predicted octanol–water partition coefficient (Wildman–Crippen LogP) is 1.75. The van der Waals surface area contributed by atoms with Crippen LogP contribution < -0.4 is 5.32 Å². The molecule has 2 rings (SSSR count).